The molecule has 0 aliphatic heterocycles. The maximum Gasteiger partial charge on any atom is 0.0888 e. The second-order valence-electron chi connectivity index (χ2n) is 2.12. The lowest BCUT2D eigenvalue weighted by Gasteiger charge is -2.04. The van der Waals surface area contributed by atoms with E-state index in [1.54, 1.807) is 0 Å². The Morgan fingerprint density at radius 3 is 2.70 bits per heavy atom. The van der Waals surface area contributed by atoms with Gasteiger partial charge in [0.25, 0.3) is 0 Å². The molecule has 0 rings (SSSR count). The van der Waals surface area contributed by atoms with Crippen LogP contribution < -0.4 is 0 Å². The van der Waals surface area contributed by atoms with Crippen molar-refractivity contribution in [3.63, 3.8) is 0 Å². The van der Waals surface area contributed by atoms with E-state index >= 15 is 0 Å². The molecular weight excluding hydrogens is 192 g/mol. The Hall–Kier alpha value is 0.0200. The molecule has 0 aromatic heterocycles. The Balaban J connectivity index is 3.05. The van der Waals surface area contributed by atoms with Crippen LogP contribution in [0.5, 0.6) is 0 Å². The number of unbranched alkanes of at least 4 members (excludes halogenated alkanes) is 1. The SMILES string of the molecule is C=C(CCCCBr)OCC. The molecule has 0 heterocycles. The lowest BCUT2D eigenvalue weighted by atomic mass is 10.2. The minimum atomic E-state index is 0.743. The molecule has 0 spiro atoms. The molecule has 0 fully saturated rings. The van der Waals surface area contributed by atoms with Crippen LogP contribution in [-0.4, -0.2) is 11.9 Å². The van der Waals surface area contributed by atoms with Gasteiger partial charge in [0.15, 0.2) is 0 Å². The lowest BCUT2D eigenvalue weighted by Crippen LogP contribution is -1.89. The van der Waals surface area contributed by atoms with Gasteiger partial charge in [-0.25, -0.2) is 0 Å². The molecule has 0 saturated carbocycles. The van der Waals surface area contributed by atoms with Gasteiger partial charge in [0.05, 0.1) is 12.4 Å². The third-order valence-electron chi connectivity index (χ3n) is 1.19. The van der Waals surface area contributed by atoms with Crippen LogP contribution >= 0.6 is 15.9 Å². The molecule has 0 unspecified atom stereocenters. The Morgan fingerprint density at radius 1 is 1.50 bits per heavy atom. The van der Waals surface area contributed by atoms with E-state index in [9.17, 15) is 0 Å². The molecule has 0 atom stereocenters. The van der Waals surface area contributed by atoms with E-state index in [1.165, 1.54) is 12.8 Å². The number of rotatable bonds is 6. The first-order valence-corrected chi connectivity index (χ1v) is 4.80. The molecule has 0 aromatic rings. The van der Waals surface area contributed by atoms with E-state index in [4.69, 9.17) is 4.74 Å². The largest absolute Gasteiger partial charge is 0.499 e. The number of hydrogen-bond acceptors (Lipinski definition) is 1. The van der Waals surface area contributed by atoms with Crippen LogP contribution in [0.1, 0.15) is 26.2 Å². The minimum absolute atomic E-state index is 0.743. The summed E-state index contributed by atoms with van der Waals surface area (Å²) in [6.07, 6.45) is 3.37. The smallest absolute Gasteiger partial charge is 0.0888 e. The van der Waals surface area contributed by atoms with Crippen LogP contribution in [0.2, 0.25) is 0 Å². The maximum atomic E-state index is 5.18. The Kier molecular flexibility index (Phi) is 7.15. The van der Waals surface area contributed by atoms with Crippen LogP contribution in [0, 0.1) is 0 Å². The zero-order chi connectivity index (χ0) is 7.82. The molecule has 0 radical (unpaired) electrons. The normalized spacial score (nSPS) is 9.40. The first-order valence-electron chi connectivity index (χ1n) is 3.67. The van der Waals surface area contributed by atoms with Gasteiger partial charge in [-0.05, 0) is 19.8 Å². The molecule has 1 nitrogen and oxygen atoms in total. The molecule has 0 N–H and O–H groups in total. The Morgan fingerprint density at radius 2 is 2.20 bits per heavy atom. The van der Waals surface area contributed by atoms with Crippen LogP contribution in [-0.2, 0) is 4.74 Å². The predicted molar refractivity (Wildman–Crippen MR) is 48.4 cm³/mol. The third-order valence-corrected chi connectivity index (χ3v) is 1.75. The molecule has 0 bridgehead atoms. The zero-order valence-corrected chi connectivity index (χ0v) is 8.11. The summed E-state index contributed by atoms with van der Waals surface area (Å²) in [6.45, 7) is 6.50. The average Bonchev–Trinajstić information content (AvgIpc) is 1.89. The van der Waals surface area contributed by atoms with Crippen LogP contribution in [0.25, 0.3) is 0 Å². The van der Waals surface area contributed by atoms with E-state index in [1.807, 2.05) is 6.92 Å². The van der Waals surface area contributed by atoms with Crippen molar-refractivity contribution in [2.24, 2.45) is 0 Å². The van der Waals surface area contributed by atoms with E-state index in [-0.39, 0.29) is 0 Å². The van der Waals surface area contributed by atoms with Crippen molar-refractivity contribution in [3.8, 4) is 0 Å². The van der Waals surface area contributed by atoms with E-state index < -0.39 is 0 Å². The quantitative estimate of drug-likeness (QED) is 0.369. The van der Waals surface area contributed by atoms with Gasteiger partial charge < -0.3 is 4.74 Å². The van der Waals surface area contributed by atoms with E-state index in [0.29, 0.717) is 0 Å². The van der Waals surface area contributed by atoms with Crippen LogP contribution in [0.4, 0.5) is 0 Å². The fraction of sp³-hybridized carbons (Fsp3) is 0.750. The van der Waals surface area contributed by atoms with Gasteiger partial charge in [0.1, 0.15) is 0 Å². The van der Waals surface area contributed by atoms with Crippen LogP contribution in [0.3, 0.4) is 0 Å². The number of ether oxygens (including phenoxy) is 1. The molecule has 0 aromatic carbocycles. The van der Waals surface area contributed by atoms with Crippen molar-refractivity contribution in [3.05, 3.63) is 12.3 Å². The van der Waals surface area contributed by atoms with E-state index in [2.05, 4.69) is 22.5 Å². The molecule has 10 heavy (non-hydrogen) atoms. The number of alkyl halides is 1. The summed E-state index contributed by atoms with van der Waals surface area (Å²) in [5.41, 5.74) is 0. The monoisotopic (exact) mass is 206 g/mol. The van der Waals surface area contributed by atoms with Gasteiger partial charge in [0, 0.05) is 11.8 Å². The van der Waals surface area contributed by atoms with Gasteiger partial charge in [0.2, 0.25) is 0 Å². The van der Waals surface area contributed by atoms with Gasteiger partial charge in [-0.3, -0.25) is 0 Å². The van der Waals surface area contributed by atoms with Crippen molar-refractivity contribution in [1.82, 2.24) is 0 Å². The molecule has 2 heteroatoms. The second-order valence-corrected chi connectivity index (χ2v) is 2.91. The second kappa shape index (κ2) is 7.13. The highest BCUT2D eigenvalue weighted by molar-refractivity contribution is 9.09. The Bertz CT molecular complexity index is 91.3. The van der Waals surface area contributed by atoms with Crippen molar-refractivity contribution in [1.29, 1.82) is 0 Å². The molecule has 0 aliphatic rings. The molecule has 0 amide bonds. The topological polar surface area (TPSA) is 9.23 Å². The summed E-state index contributed by atoms with van der Waals surface area (Å²) < 4.78 is 5.18. The first kappa shape index (κ1) is 10.0. The van der Waals surface area contributed by atoms with Crippen molar-refractivity contribution < 1.29 is 4.74 Å². The standard InChI is InChI=1S/C8H15BrO/c1-3-10-8(2)6-4-5-7-9/h2-7H2,1H3. The summed E-state index contributed by atoms with van der Waals surface area (Å²) in [7, 11) is 0. The highest BCUT2D eigenvalue weighted by Crippen LogP contribution is 2.06. The van der Waals surface area contributed by atoms with Crippen molar-refractivity contribution in [2.75, 3.05) is 11.9 Å². The summed E-state index contributed by atoms with van der Waals surface area (Å²) >= 11 is 3.37. The van der Waals surface area contributed by atoms with Crippen LogP contribution in [0.15, 0.2) is 12.3 Å². The predicted octanol–water partition coefficient (Wildman–Crippen LogP) is 3.10. The first-order chi connectivity index (χ1) is 4.81. The molecule has 0 saturated heterocycles. The summed E-state index contributed by atoms with van der Waals surface area (Å²) in [5.74, 6) is 0.920. The van der Waals surface area contributed by atoms with Gasteiger partial charge >= 0.3 is 0 Å². The number of allylic oxidation sites excluding steroid dienone is 1. The summed E-state index contributed by atoms with van der Waals surface area (Å²) in [6, 6.07) is 0. The molecule has 60 valence electrons. The highest BCUT2D eigenvalue weighted by Gasteiger charge is 1.92. The van der Waals surface area contributed by atoms with Gasteiger partial charge in [-0.2, -0.15) is 0 Å². The van der Waals surface area contributed by atoms with Gasteiger partial charge in [-0.1, -0.05) is 22.5 Å². The molecular formula is C8H15BrO. The minimum Gasteiger partial charge on any atom is -0.499 e. The molecule has 0 aliphatic carbocycles. The summed E-state index contributed by atoms with van der Waals surface area (Å²) in [4.78, 5) is 0. The zero-order valence-electron chi connectivity index (χ0n) is 6.53. The van der Waals surface area contributed by atoms with Crippen molar-refractivity contribution >= 4 is 15.9 Å². The summed E-state index contributed by atoms with van der Waals surface area (Å²) in [5, 5.41) is 1.08. The fourth-order valence-electron chi connectivity index (χ4n) is 0.693. The fourth-order valence-corrected chi connectivity index (χ4v) is 1.09. The number of halogens is 1. The lowest BCUT2D eigenvalue weighted by molar-refractivity contribution is 0.218. The third kappa shape index (κ3) is 6.14. The Labute approximate surface area is 71.6 Å². The average molecular weight is 207 g/mol. The van der Waals surface area contributed by atoms with Crippen molar-refractivity contribution in [2.45, 2.75) is 26.2 Å². The number of hydrogen-bond donors (Lipinski definition) is 0. The van der Waals surface area contributed by atoms with E-state index in [0.717, 1.165) is 24.1 Å². The maximum absolute atomic E-state index is 5.18. The van der Waals surface area contributed by atoms with Gasteiger partial charge in [-0.15, -0.1) is 0 Å². The highest BCUT2D eigenvalue weighted by atomic mass is 79.9.